The maximum atomic E-state index is 6.01. The Hall–Kier alpha value is -2.13. The van der Waals surface area contributed by atoms with Crippen LogP contribution < -0.4 is 9.47 Å². The first kappa shape index (κ1) is 12.9. The van der Waals surface area contributed by atoms with Crippen molar-refractivity contribution in [3.63, 3.8) is 0 Å². The molecule has 3 nitrogen and oxygen atoms in total. The lowest BCUT2D eigenvalue weighted by Crippen LogP contribution is -1.94. The van der Waals surface area contributed by atoms with Gasteiger partial charge >= 0.3 is 0 Å². The third-order valence-electron chi connectivity index (χ3n) is 3.05. The van der Waals surface area contributed by atoms with E-state index in [9.17, 15) is 0 Å². The number of hydrogen-bond acceptors (Lipinski definition) is 3. The minimum Gasteiger partial charge on any atom is -0.497 e. The standard InChI is InChI=1S/C16H13ClO3/c1-18-13-3-2-4-14(8-13)19-9-11-10-20-16-6-5-12(17)7-15(11)16/h2-8,10H,9H2,1H3. The largest absolute Gasteiger partial charge is 0.497 e. The van der Waals surface area contributed by atoms with Gasteiger partial charge in [-0.1, -0.05) is 17.7 Å². The molecule has 0 radical (unpaired) electrons. The van der Waals surface area contributed by atoms with Gasteiger partial charge in [-0.15, -0.1) is 0 Å². The molecule has 0 N–H and O–H groups in total. The Morgan fingerprint density at radius 3 is 2.80 bits per heavy atom. The zero-order chi connectivity index (χ0) is 13.9. The van der Waals surface area contributed by atoms with E-state index in [1.54, 1.807) is 19.4 Å². The fourth-order valence-electron chi connectivity index (χ4n) is 2.02. The van der Waals surface area contributed by atoms with Crippen molar-refractivity contribution in [2.24, 2.45) is 0 Å². The average molecular weight is 289 g/mol. The molecule has 3 rings (SSSR count). The Labute approximate surface area is 121 Å². The van der Waals surface area contributed by atoms with Gasteiger partial charge in [-0.3, -0.25) is 0 Å². The predicted molar refractivity (Wildman–Crippen MR) is 78.6 cm³/mol. The predicted octanol–water partition coefficient (Wildman–Crippen LogP) is 4.67. The molecule has 2 aromatic carbocycles. The molecule has 0 saturated heterocycles. The molecule has 0 bridgehead atoms. The van der Waals surface area contributed by atoms with Crippen LogP contribution in [0.3, 0.4) is 0 Å². The van der Waals surface area contributed by atoms with Crippen molar-refractivity contribution < 1.29 is 13.9 Å². The highest BCUT2D eigenvalue weighted by atomic mass is 35.5. The molecule has 1 heterocycles. The van der Waals surface area contributed by atoms with E-state index in [0.717, 1.165) is 28.0 Å². The van der Waals surface area contributed by atoms with Gasteiger partial charge in [0.05, 0.1) is 13.4 Å². The average Bonchev–Trinajstić information content (AvgIpc) is 2.87. The summed E-state index contributed by atoms with van der Waals surface area (Å²) in [6.07, 6.45) is 1.70. The van der Waals surface area contributed by atoms with Crippen LogP contribution in [0.25, 0.3) is 11.0 Å². The van der Waals surface area contributed by atoms with Gasteiger partial charge in [0.15, 0.2) is 0 Å². The number of benzene rings is 2. The number of rotatable bonds is 4. The smallest absolute Gasteiger partial charge is 0.134 e. The summed E-state index contributed by atoms with van der Waals surface area (Å²) in [7, 11) is 1.63. The van der Waals surface area contributed by atoms with Crippen LogP contribution >= 0.6 is 11.6 Å². The molecule has 0 atom stereocenters. The van der Waals surface area contributed by atoms with Crippen LogP contribution in [0.15, 0.2) is 53.1 Å². The molecule has 0 spiro atoms. The molecule has 102 valence electrons. The van der Waals surface area contributed by atoms with Crippen molar-refractivity contribution >= 4 is 22.6 Å². The molecule has 0 unspecified atom stereocenters. The normalized spacial score (nSPS) is 10.7. The Kier molecular flexibility index (Phi) is 3.52. The first-order valence-corrected chi connectivity index (χ1v) is 6.56. The van der Waals surface area contributed by atoms with E-state index in [2.05, 4.69) is 0 Å². The van der Waals surface area contributed by atoms with E-state index in [1.165, 1.54) is 0 Å². The Morgan fingerprint density at radius 1 is 1.10 bits per heavy atom. The Bertz CT molecular complexity index is 733. The summed E-state index contributed by atoms with van der Waals surface area (Å²) in [4.78, 5) is 0. The highest BCUT2D eigenvalue weighted by Crippen LogP contribution is 2.26. The Morgan fingerprint density at radius 2 is 1.95 bits per heavy atom. The van der Waals surface area contributed by atoms with Crippen LogP contribution in [0.1, 0.15) is 5.56 Å². The monoisotopic (exact) mass is 288 g/mol. The lowest BCUT2D eigenvalue weighted by Gasteiger charge is -2.06. The maximum Gasteiger partial charge on any atom is 0.134 e. The third-order valence-corrected chi connectivity index (χ3v) is 3.29. The van der Waals surface area contributed by atoms with E-state index < -0.39 is 0 Å². The highest BCUT2D eigenvalue weighted by Gasteiger charge is 2.07. The van der Waals surface area contributed by atoms with Crippen molar-refractivity contribution in [2.45, 2.75) is 6.61 Å². The SMILES string of the molecule is COc1cccc(OCc2coc3ccc(Cl)cc23)c1. The van der Waals surface area contributed by atoms with Crippen LogP contribution in [0.4, 0.5) is 0 Å². The lowest BCUT2D eigenvalue weighted by atomic mass is 10.2. The molecule has 4 heteroatoms. The zero-order valence-electron chi connectivity index (χ0n) is 10.9. The number of ether oxygens (including phenoxy) is 2. The second-order valence-corrected chi connectivity index (χ2v) is 4.81. The highest BCUT2D eigenvalue weighted by molar-refractivity contribution is 6.31. The van der Waals surface area contributed by atoms with Gasteiger partial charge in [-0.2, -0.15) is 0 Å². The number of methoxy groups -OCH3 is 1. The molecule has 0 fully saturated rings. The van der Waals surface area contributed by atoms with Crippen molar-refractivity contribution in [1.82, 2.24) is 0 Å². The van der Waals surface area contributed by atoms with E-state index in [-0.39, 0.29) is 0 Å². The molecular weight excluding hydrogens is 276 g/mol. The molecule has 0 aliphatic carbocycles. The van der Waals surface area contributed by atoms with Gasteiger partial charge < -0.3 is 13.9 Å². The summed E-state index contributed by atoms with van der Waals surface area (Å²) in [5, 5.41) is 1.65. The van der Waals surface area contributed by atoms with Crippen LogP contribution in [0, 0.1) is 0 Å². The molecule has 0 aliphatic rings. The first-order chi connectivity index (χ1) is 9.76. The fourth-order valence-corrected chi connectivity index (χ4v) is 2.19. The molecule has 3 aromatic rings. The summed E-state index contributed by atoms with van der Waals surface area (Å²) < 4.78 is 16.4. The van der Waals surface area contributed by atoms with Gasteiger partial charge in [0.25, 0.3) is 0 Å². The molecular formula is C16H13ClO3. The summed E-state index contributed by atoms with van der Waals surface area (Å²) >= 11 is 6.01. The van der Waals surface area contributed by atoms with Gasteiger partial charge in [-0.05, 0) is 30.3 Å². The third kappa shape index (κ3) is 2.58. The van der Waals surface area contributed by atoms with Crippen LogP contribution in [-0.2, 0) is 6.61 Å². The molecule has 20 heavy (non-hydrogen) atoms. The van der Waals surface area contributed by atoms with E-state index in [4.69, 9.17) is 25.5 Å². The number of hydrogen-bond donors (Lipinski definition) is 0. The van der Waals surface area contributed by atoms with Crippen LogP contribution in [0.2, 0.25) is 5.02 Å². The zero-order valence-corrected chi connectivity index (χ0v) is 11.7. The second kappa shape index (κ2) is 5.47. The quantitative estimate of drug-likeness (QED) is 0.699. The topological polar surface area (TPSA) is 31.6 Å². The van der Waals surface area contributed by atoms with Gasteiger partial charge in [-0.25, -0.2) is 0 Å². The van der Waals surface area contributed by atoms with Crippen molar-refractivity contribution in [3.8, 4) is 11.5 Å². The van der Waals surface area contributed by atoms with Gasteiger partial charge in [0.1, 0.15) is 23.7 Å². The molecule has 1 aromatic heterocycles. The summed E-state index contributed by atoms with van der Waals surface area (Å²) in [5.41, 5.74) is 1.77. The number of fused-ring (bicyclic) bond motifs is 1. The van der Waals surface area contributed by atoms with Crippen LogP contribution in [-0.4, -0.2) is 7.11 Å². The first-order valence-electron chi connectivity index (χ1n) is 6.19. The second-order valence-electron chi connectivity index (χ2n) is 4.37. The summed E-state index contributed by atoms with van der Waals surface area (Å²) in [6, 6.07) is 13.0. The number of furan rings is 1. The van der Waals surface area contributed by atoms with Crippen LogP contribution in [0.5, 0.6) is 11.5 Å². The van der Waals surface area contributed by atoms with Gasteiger partial charge in [0, 0.05) is 22.0 Å². The van der Waals surface area contributed by atoms with E-state index in [0.29, 0.717) is 11.6 Å². The lowest BCUT2D eigenvalue weighted by molar-refractivity contribution is 0.303. The van der Waals surface area contributed by atoms with E-state index in [1.807, 2.05) is 36.4 Å². The molecule has 0 amide bonds. The van der Waals surface area contributed by atoms with Crippen molar-refractivity contribution in [2.75, 3.05) is 7.11 Å². The van der Waals surface area contributed by atoms with Gasteiger partial charge in [0.2, 0.25) is 0 Å². The minimum atomic E-state index is 0.417. The van der Waals surface area contributed by atoms with Crippen molar-refractivity contribution in [1.29, 1.82) is 0 Å². The number of halogens is 1. The maximum absolute atomic E-state index is 6.01. The van der Waals surface area contributed by atoms with Crippen molar-refractivity contribution in [3.05, 3.63) is 59.3 Å². The van der Waals surface area contributed by atoms with E-state index >= 15 is 0 Å². The molecule has 0 aliphatic heterocycles. The minimum absolute atomic E-state index is 0.417. The molecule has 0 saturated carbocycles. The Balaban J connectivity index is 1.81. The summed E-state index contributed by atoms with van der Waals surface area (Å²) in [6.45, 7) is 0.417. The fraction of sp³-hybridized carbons (Fsp3) is 0.125. The summed E-state index contributed by atoms with van der Waals surface area (Å²) in [5.74, 6) is 1.52.